The van der Waals surface area contributed by atoms with Crippen molar-refractivity contribution in [2.24, 2.45) is 0 Å². The molecule has 122 valence electrons. The summed E-state index contributed by atoms with van der Waals surface area (Å²) in [4.78, 5) is 19.7. The first-order valence-electron chi connectivity index (χ1n) is 7.64. The largest absolute Gasteiger partial charge is 0.315 e. The molecule has 0 fully saturated rings. The van der Waals surface area contributed by atoms with E-state index in [4.69, 9.17) is 0 Å². The van der Waals surface area contributed by atoms with Gasteiger partial charge in [-0.05, 0) is 30.2 Å². The lowest BCUT2D eigenvalue weighted by molar-refractivity contribution is -0.114. The maximum Gasteiger partial charge on any atom is 0.222 e. The van der Waals surface area contributed by atoms with Crippen LogP contribution in [0, 0.1) is 0 Å². The summed E-state index contributed by atoms with van der Waals surface area (Å²) in [5, 5.41) is 2.71. The van der Waals surface area contributed by atoms with Crippen molar-refractivity contribution in [1.82, 2.24) is 9.97 Å². The van der Waals surface area contributed by atoms with Crippen LogP contribution in [0.3, 0.4) is 0 Å². The first kappa shape index (κ1) is 17.3. The number of carbonyl (C=O) groups excluding carboxylic acids is 1. The van der Waals surface area contributed by atoms with Gasteiger partial charge in [-0.25, -0.2) is 4.98 Å². The van der Waals surface area contributed by atoms with Crippen LogP contribution in [0.1, 0.15) is 26.7 Å². The van der Waals surface area contributed by atoms with Gasteiger partial charge in [0.1, 0.15) is 5.82 Å². The van der Waals surface area contributed by atoms with E-state index in [1.807, 2.05) is 24.5 Å². The topological polar surface area (TPSA) is 58.1 Å². The SMILES string of the molecule is CCCCN(SC)c1cncc(-c2ccnc(NC(C)=O)c2)c1. The molecule has 0 aliphatic carbocycles. The average Bonchev–Trinajstić information content (AvgIpc) is 2.55. The van der Waals surface area contributed by atoms with Gasteiger partial charge in [0.2, 0.25) is 5.91 Å². The second-order valence-corrected chi connectivity index (χ2v) is 5.99. The molecule has 1 N–H and O–H groups in total. The maximum atomic E-state index is 11.2. The fourth-order valence-corrected chi connectivity index (χ4v) is 2.83. The van der Waals surface area contributed by atoms with Gasteiger partial charge >= 0.3 is 0 Å². The van der Waals surface area contributed by atoms with Gasteiger partial charge in [-0.2, -0.15) is 0 Å². The number of carbonyl (C=O) groups is 1. The van der Waals surface area contributed by atoms with Crippen LogP contribution in [0.15, 0.2) is 36.8 Å². The predicted molar refractivity (Wildman–Crippen MR) is 97.5 cm³/mol. The smallest absolute Gasteiger partial charge is 0.222 e. The number of hydrogen-bond acceptors (Lipinski definition) is 5. The van der Waals surface area contributed by atoms with E-state index in [1.54, 1.807) is 18.1 Å². The van der Waals surface area contributed by atoms with Crippen LogP contribution in [0.2, 0.25) is 0 Å². The molecule has 0 radical (unpaired) electrons. The Labute approximate surface area is 141 Å². The van der Waals surface area contributed by atoms with Crippen LogP contribution >= 0.6 is 11.9 Å². The first-order valence-corrected chi connectivity index (χ1v) is 8.83. The Balaban J connectivity index is 2.26. The summed E-state index contributed by atoms with van der Waals surface area (Å²) in [6.45, 7) is 4.66. The molecule has 23 heavy (non-hydrogen) atoms. The van der Waals surface area contributed by atoms with Crippen LogP contribution < -0.4 is 9.62 Å². The van der Waals surface area contributed by atoms with Crippen molar-refractivity contribution in [3.8, 4) is 11.1 Å². The highest BCUT2D eigenvalue weighted by Crippen LogP contribution is 2.27. The number of unbranched alkanes of at least 4 members (excludes halogenated alkanes) is 1. The Morgan fingerprint density at radius 2 is 2.13 bits per heavy atom. The number of amides is 1. The molecule has 1 amide bonds. The highest BCUT2D eigenvalue weighted by Gasteiger charge is 2.08. The Morgan fingerprint density at radius 1 is 1.30 bits per heavy atom. The van der Waals surface area contributed by atoms with Crippen molar-refractivity contribution >= 4 is 29.4 Å². The van der Waals surface area contributed by atoms with Gasteiger partial charge in [-0.3, -0.25) is 9.78 Å². The molecule has 0 aliphatic rings. The molecular weight excluding hydrogens is 308 g/mol. The number of pyridine rings is 2. The van der Waals surface area contributed by atoms with Gasteiger partial charge in [0, 0.05) is 37.7 Å². The second-order valence-electron chi connectivity index (χ2n) is 5.18. The molecule has 2 aromatic heterocycles. The van der Waals surface area contributed by atoms with Crippen molar-refractivity contribution in [3.63, 3.8) is 0 Å². The lowest BCUT2D eigenvalue weighted by Crippen LogP contribution is -2.15. The average molecular weight is 330 g/mol. The van der Waals surface area contributed by atoms with Gasteiger partial charge in [-0.15, -0.1) is 0 Å². The minimum atomic E-state index is -0.130. The molecule has 0 atom stereocenters. The first-order chi connectivity index (χ1) is 11.1. The molecule has 5 nitrogen and oxygen atoms in total. The van der Waals surface area contributed by atoms with E-state index >= 15 is 0 Å². The monoisotopic (exact) mass is 330 g/mol. The zero-order chi connectivity index (χ0) is 16.7. The summed E-state index contributed by atoms with van der Waals surface area (Å²) >= 11 is 1.70. The third-order valence-corrected chi connectivity index (χ3v) is 4.18. The van der Waals surface area contributed by atoms with Crippen molar-refractivity contribution in [2.75, 3.05) is 22.4 Å². The Hall–Kier alpha value is -2.08. The van der Waals surface area contributed by atoms with Crippen LogP contribution in [0.25, 0.3) is 11.1 Å². The molecule has 2 heterocycles. The summed E-state index contributed by atoms with van der Waals surface area (Å²) in [7, 11) is 0. The molecule has 0 aliphatic heterocycles. The van der Waals surface area contributed by atoms with E-state index in [1.165, 1.54) is 6.92 Å². The minimum absolute atomic E-state index is 0.130. The molecular formula is C17H22N4OS. The van der Waals surface area contributed by atoms with E-state index in [-0.39, 0.29) is 5.91 Å². The second kappa shape index (κ2) is 8.53. The van der Waals surface area contributed by atoms with Gasteiger partial charge in [0.15, 0.2) is 0 Å². The van der Waals surface area contributed by atoms with E-state index < -0.39 is 0 Å². The minimum Gasteiger partial charge on any atom is -0.315 e. The number of anilines is 2. The van der Waals surface area contributed by atoms with Crippen LogP contribution in [-0.2, 0) is 4.79 Å². The summed E-state index contributed by atoms with van der Waals surface area (Å²) < 4.78 is 2.25. The summed E-state index contributed by atoms with van der Waals surface area (Å²) in [5.74, 6) is 0.419. The number of nitrogens with zero attached hydrogens (tertiary/aromatic N) is 3. The maximum absolute atomic E-state index is 11.2. The third-order valence-electron chi connectivity index (χ3n) is 3.34. The molecule has 0 bridgehead atoms. The predicted octanol–water partition coefficient (Wildman–Crippen LogP) is 3.99. The van der Waals surface area contributed by atoms with Crippen LogP contribution in [0.4, 0.5) is 11.5 Å². The standard InChI is InChI=1S/C17H22N4OS/c1-4-5-8-21(23-3)16-9-15(11-18-12-16)14-6-7-19-17(10-14)20-13(2)22/h6-7,9-12H,4-5,8H2,1-3H3,(H,19,20,22). The van der Waals surface area contributed by atoms with Gasteiger partial charge in [-0.1, -0.05) is 25.3 Å². The van der Waals surface area contributed by atoms with Crippen molar-refractivity contribution in [3.05, 3.63) is 36.8 Å². The fourth-order valence-electron chi connectivity index (χ4n) is 2.21. The molecule has 0 aromatic carbocycles. The summed E-state index contributed by atoms with van der Waals surface area (Å²) in [6, 6.07) is 5.89. The van der Waals surface area contributed by atoms with Crippen molar-refractivity contribution in [1.29, 1.82) is 0 Å². The van der Waals surface area contributed by atoms with E-state index in [9.17, 15) is 4.79 Å². The fraction of sp³-hybridized carbons (Fsp3) is 0.353. The molecule has 0 spiro atoms. The number of rotatable bonds is 7. The lowest BCUT2D eigenvalue weighted by atomic mass is 10.1. The van der Waals surface area contributed by atoms with E-state index in [0.29, 0.717) is 5.82 Å². The van der Waals surface area contributed by atoms with Crippen molar-refractivity contribution in [2.45, 2.75) is 26.7 Å². The van der Waals surface area contributed by atoms with Crippen molar-refractivity contribution < 1.29 is 4.79 Å². The molecule has 0 saturated carbocycles. The third kappa shape index (κ3) is 4.96. The normalized spacial score (nSPS) is 10.4. The molecule has 0 unspecified atom stereocenters. The van der Waals surface area contributed by atoms with E-state index in [0.717, 1.165) is 36.2 Å². The molecule has 2 aromatic rings. The summed E-state index contributed by atoms with van der Waals surface area (Å²) in [5.41, 5.74) is 3.07. The number of aromatic nitrogens is 2. The van der Waals surface area contributed by atoms with Gasteiger partial charge in [0.05, 0.1) is 11.9 Å². The number of hydrogen-bond donors (Lipinski definition) is 1. The Morgan fingerprint density at radius 3 is 2.83 bits per heavy atom. The quantitative estimate of drug-likeness (QED) is 0.778. The summed E-state index contributed by atoms with van der Waals surface area (Å²) in [6.07, 6.45) is 9.78. The van der Waals surface area contributed by atoms with Gasteiger partial charge in [0.25, 0.3) is 0 Å². The Bertz CT molecular complexity index is 663. The number of nitrogens with one attached hydrogen (secondary N) is 1. The molecule has 0 saturated heterocycles. The highest BCUT2D eigenvalue weighted by molar-refractivity contribution is 7.99. The molecule has 6 heteroatoms. The Kier molecular flexibility index (Phi) is 6.40. The van der Waals surface area contributed by atoms with Gasteiger partial charge < -0.3 is 9.62 Å². The van der Waals surface area contributed by atoms with E-state index in [2.05, 4.69) is 38.8 Å². The van der Waals surface area contributed by atoms with Crippen LogP contribution in [0.5, 0.6) is 0 Å². The zero-order valence-corrected chi connectivity index (χ0v) is 14.6. The van der Waals surface area contributed by atoms with Crippen LogP contribution in [-0.4, -0.2) is 28.7 Å². The lowest BCUT2D eigenvalue weighted by Gasteiger charge is -2.21. The zero-order valence-electron chi connectivity index (χ0n) is 13.7. The molecule has 2 rings (SSSR count). The highest BCUT2D eigenvalue weighted by atomic mass is 32.2.